The Bertz CT molecular complexity index is 246. The van der Waals surface area contributed by atoms with Crippen LogP contribution in [0.15, 0.2) is 0 Å². The second kappa shape index (κ2) is 6.88. The van der Waals surface area contributed by atoms with Crippen LogP contribution in [0.25, 0.3) is 0 Å². The van der Waals surface area contributed by atoms with Gasteiger partial charge in [-0.15, -0.1) is 0 Å². The third kappa shape index (κ3) is 5.13. The number of nitrogens with zero attached hydrogens (tertiary/aromatic N) is 3. The minimum Gasteiger partial charge on any atom is -0.393 e. The number of hydrogen-bond donors (Lipinski definition) is 1. The third-order valence-electron chi connectivity index (χ3n) is 1.65. The molecular formula is C9H13N3O2. The Morgan fingerprint density at radius 3 is 2.29 bits per heavy atom. The summed E-state index contributed by atoms with van der Waals surface area (Å²) < 4.78 is 0. The van der Waals surface area contributed by atoms with Crippen molar-refractivity contribution >= 4 is 5.91 Å². The van der Waals surface area contributed by atoms with Gasteiger partial charge in [0.2, 0.25) is 5.91 Å². The molecule has 0 aromatic rings. The lowest BCUT2D eigenvalue weighted by molar-refractivity contribution is -0.130. The van der Waals surface area contributed by atoms with E-state index in [-0.39, 0.29) is 25.4 Å². The van der Waals surface area contributed by atoms with Crippen molar-refractivity contribution in [2.75, 3.05) is 13.1 Å². The highest BCUT2D eigenvalue weighted by Crippen LogP contribution is 2.00. The maximum absolute atomic E-state index is 11.3. The van der Waals surface area contributed by atoms with Crippen LogP contribution in [0.4, 0.5) is 0 Å². The van der Waals surface area contributed by atoms with Crippen LogP contribution in [-0.2, 0) is 4.79 Å². The molecule has 0 aromatic carbocycles. The summed E-state index contributed by atoms with van der Waals surface area (Å²) in [6, 6.07) is 3.63. The number of hydrogen-bond acceptors (Lipinski definition) is 4. The smallest absolute Gasteiger partial charge is 0.224 e. The first kappa shape index (κ1) is 12.4. The zero-order valence-corrected chi connectivity index (χ0v) is 8.10. The summed E-state index contributed by atoms with van der Waals surface area (Å²) >= 11 is 0. The molecule has 0 radical (unpaired) electrons. The van der Waals surface area contributed by atoms with Gasteiger partial charge in [0.05, 0.1) is 18.2 Å². The Morgan fingerprint density at radius 2 is 1.93 bits per heavy atom. The van der Waals surface area contributed by atoms with Gasteiger partial charge >= 0.3 is 0 Å². The Kier molecular flexibility index (Phi) is 6.09. The number of rotatable bonds is 5. The van der Waals surface area contributed by atoms with Crippen LogP contribution in [0.3, 0.4) is 0 Å². The van der Waals surface area contributed by atoms with E-state index in [0.717, 1.165) is 0 Å². The zero-order valence-electron chi connectivity index (χ0n) is 8.10. The second-order valence-electron chi connectivity index (χ2n) is 2.95. The number of aliphatic hydroxyl groups is 1. The van der Waals surface area contributed by atoms with Gasteiger partial charge in [-0.2, -0.15) is 10.5 Å². The van der Waals surface area contributed by atoms with E-state index in [1.54, 1.807) is 6.92 Å². The van der Waals surface area contributed by atoms with Crippen molar-refractivity contribution in [3.8, 4) is 12.1 Å². The van der Waals surface area contributed by atoms with Crippen molar-refractivity contribution in [2.45, 2.75) is 25.9 Å². The van der Waals surface area contributed by atoms with Crippen LogP contribution in [0.5, 0.6) is 0 Å². The van der Waals surface area contributed by atoms with E-state index in [4.69, 9.17) is 15.6 Å². The first-order chi connectivity index (χ1) is 6.61. The van der Waals surface area contributed by atoms with Gasteiger partial charge in [0, 0.05) is 6.42 Å². The van der Waals surface area contributed by atoms with Crippen LogP contribution >= 0.6 is 0 Å². The molecule has 0 fully saturated rings. The highest BCUT2D eigenvalue weighted by molar-refractivity contribution is 5.76. The summed E-state index contributed by atoms with van der Waals surface area (Å²) in [6.07, 6.45) is -0.0160. The first-order valence-corrected chi connectivity index (χ1v) is 4.31. The fourth-order valence-corrected chi connectivity index (χ4v) is 0.893. The predicted octanol–water partition coefficient (Wildman–Crippen LogP) is 0.0232. The van der Waals surface area contributed by atoms with Gasteiger partial charge in [0.25, 0.3) is 0 Å². The molecule has 0 aliphatic heterocycles. The van der Waals surface area contributed by atoms with Gasteiger partial charge in [-0.05, 0) is 13.3 Å². The summed E-state index contributed by atoms with van der Waals surface area (Å²) in [5.41, 5.74) is 0. The fraction of sp³-hybridized carbons (Fsp3) is 0.667. The lowest BCUT2D eigenvalue weighted by atomic mass is 10.2. The number of amides is 1. The lowest BCUT2D eigenvalue weighted by Gasteiger charge is -2.15. The maximum atomic E-state index is 11.3. The van der Waals surface area contributed by atoms with E-state index in [2.05, 4.69) is 0 Å². The summed E-state index contributed by atoms with van der Waals surface area (Å²) in [7, 11) is 0. The van der Waals surface area contributed by atoms with E-state index >= 15 is 0 Å². The zero-order chi connectivity index (χ0) is 11.0. The molecule has 1 unspecified atom stereocenters. The molecule has 0 bridgehead atoms. The number of carbonyl (C=O) groups excluding carboxylic acids is 1. The van der Waals surface area contributed by atoms with Gasteiger partial charge in [-0.3, -0.25) is 4.79 Å². The molecule has 14 heavy (non-hydrogen) atoms. The van der Waals surface area contributed by atoms with Crippen molar-refractivity contribution in [3.63, 3.8) is 0 Å². The van der Waals surface area contributed by atoms with Gasteiger partial charge in [-0.25, -0.2) is 0 Å². The molecule has 0 aliphatic rings. The van der Waals surface area contributed by atoms with Gasteiger partial charge in [0.1, 0.15) is 13.1 Å². The normalized spacial score (nSPS) is 11.1. The Labute approximate surface area is 83.2 Å². The van der Waals surface area contributed by atoms with Crippen molar-refractivity contribution < 1.29 is 9.90 Å². The summed E-state index contributed by atoms with van der Waals surface area (Å²) in [5, 5.41) is 25.7. The second-order valence-corrected chi connectivity index (χ2v) is 2.95. The molecule has 5 heteroatoms. The molecule has 1 amide bonds. The molecule has 1 atom stereocenters. The third-order valence-corrected chi connectivity index (χ3v) is 1.65. The summed E-state index contributed by atoms with van der Waals surface area (Å²) in [4.78, 5) is 12.5. The Hall–Kier alpha value is -1.59. The quantitative estimate of drug-likeness (QED) is 0.626. The largest absolute Gasteiger partial charge is 0.393 e. The monoisotopic (exact) mass is 195 g/mol. The van der Waals surface area contributed by atoms with Crippen molar-refractivity contribution in [1.29, 1.82) is 10.5 Å². The molecule has 0 saturated carbocycles. The summed E-state index contributed by atoms with van der Waals surface area (Å²) in [5.74, 6) is -0.269. The minimum atomic E-state index is -0.537. The molecule has 1 N–H and O–H groups in total. The molecular weight excluding hydrogens is 182 g/mol. The standard InChI is InChI=1S/C9H13N3O2/c1-8(13)2-3-9(14)12(6-4-10)7-5-11/h8,13H,2-3,6-7H2,1H3. The molecule has 0 aromatic heterocycles. The highest BCUT2D eigenvalue weighted by atomic mass is 16.3. The van der Waals surface area contributed by atoms with Crippen LogP contribution < -0.4 is 0 Å². The maximum Gasteiger partial charge on any atom is 0.224 e. The average molecular weight is 195 g/mol. The van der Waals surface area contributed by atoms with Crippen molar-refractivity contribution in [1.82, 2.24) is 4.90 Å². The first-order valence-electron chi connectivity index (χ1n) is 4.31. The highest BCUT2D eigenvalue weighted by Gasteiger charge is 2.12. The van der Waals surface area contributed by atoms with Gasteiger partial charge in [0.15, 0.2) is 0 Å². The van der Waals surface area contributed by atoms with Gasteiger partial charge < -0.3 is 10.0 Å². The van der Waals surface area contributed by atoms with E-state index in [1.807, 2.05) is 12.1 Å². The molecule has 0 saturated heterocycles. The fourth-order valence-electron chi connectivity index (χ4n) is 0.893. The van der Waals surface area contributed by atoms with Gasteiger partial charge in [-0.1, -0.05) is 0 Å². The molecule has 0 heterocycles. The Balaban J connectivity index is 4.04. The number of aliphatic hydroxyl groups excluding tert-OH is 1. The molecule has 5 nitrogen and oxygen atoms in total. The number of carbonyl (C=O) groups is 1. The average Bonchev–Trinajstić information content (AvgIpc) is 2.14. The molecule has 0 rings (SSSR count). The van der Waals surface area contributed by atoms with Crippen LogP contribution in [0.1, 0.15) is 19.8 Å². The number of nitriles is 2. The topological polar surface area (TPSA) is 88.1 Å². The Morgan fingerprint density at radius 1 is 1.43 bits per heavy atom. The van der Waals surface area contributed by atoms with E-state index < -0.39 is 6.10 Å². The predicted molar refractivity (Wildman–Crippen MR) is 48.7 cm³/mol. The minimum absolute atomic E-state index is 0.0772. The van der Waals surface area contributed by atoms with Crippen LogP contribution in [0.2, 0.25) is 0 Å². The van der Waals surface area contributed by atoms with Crippen molar-refractivity contribution in [2.24, 2.45) is 0 Å². The lowest BCUT2D eigenvalue weighted by Crippen LogP contribution is -2.32. The van der Waals surface area contributed by atoms with Crippen LogP contribution in [-0.4, -0.2) is 35.1 Å². The molecule has 0 aliphatic carbocycles. The van der Waals surface area contributed by atoms with Crippen LogP contribution in [0, 0.1) is 22.7 Å². The van der Waals surface area contributed by atoms with E-state index in [9.17, 15) is 4.79 Å². The summed E-state index contributed by atoms with van der Waals surface area (Å²) in [6.45, 7) is 1.44. The van der Waals surface area contributed by atoms with Crippen molar-refractivity contribution in [3.05, 3.63) is 0 Å². The SMILES string of the molecule is CC(O)CCC(=O)N(CC#N)CC#N. The van der Waals surface area contributed by atoms with E-state index in [0.29, 0.717) is 6.42 Å². The molecule has 0 spiro atoms. The molecule has 76 valence electrons. The van der Waals surface area contributed by atoms with E-state index in [1.165, 1.54) is 4.90 Å².